The van der Waals surface area contributed by atoms with Gasteiger partial charge in [-0.25, -0.2) is 14.8 Å². The summed E-state index contributed by atoms with van der Waals surface area (Å²) in [5.41, 5.74) is 0.540. The van der Waals surface area contributed by atoms with Crippen molar-refractivity contribution in [3.05, 3.63) is 77.7 Å². The average molecular weight is 455 g/mol. The van der Waals surface area contributed by atoms with E-state index in [9.17, 15) is 23.1 Å². The number of carbonyl (C=O) groups is 1. The van der Waals surface area contributed by atoms with Crippen molar-refractivity contribution in [2.75, 3.05) is 0 Å². The van der Waals surface area contributed by atoms with Crippen LogP contribution in [0.3, 0.4) is 0 Å². The Morgan fingerprint density at radius 3 is 2.27 bits per heavy atom. The lowest BCUT2D eigenvalue weighted by molar-refractivity contribution is -0.137. The summed E-state index contributed by atoms with van der Waals surface area (Å²) in [5.74, 6) is -1.84. The molecular weight excluding hydrogens is 435 g/mol. The van der Waals surface area contributed by atoms with Crippen LogP contribution in [-0.4, -0.2) is 25.6 Å². The zero-order valence-corrected chi connectivity index (χ0v) is 18.0. The molecule has 0 unspecified atom stereocenters. The zero-order chi connectivity index (χ0) is 24.0. The molecule has 0 spiro atoms. The van der Waals surface area contributed by atoms with Crippen LogP contribution in [0.25, 0.3) is 16.7 Å². The van der Waals surface area contributed by atoms with E-state index in [0.29, 0.717) is 16.7 Å². The Bertz CT molecular complexity index is 1340. The SMILES string of the molecule is CC(C)(C)c1ccc(-n2c(C(=O)O)c(Oc3cc(C(F)(F)F)ccn3)c3cccnc32)cc1. The fourth-order valence-electron chi connectivity index (χ4n) is 3.49. The van der Waals surface area contributed by atoms with E-state index in [2.05, 4.69) is 30.7 Å². The number of halogens is 3. The lowest BCUT2D eigenvalue weighted by Crippen LogP contribution is -2.12. The topological polar surface area (TPSA) is 77.2 Å². The molecule has 3 heterocycles. The first-order valence-corrected chi connectivity index (χ1v) is 10.0. The molecule has 6 nitrogen and oxygen atoms in total. The van der Waals surface area contributed by atoms with Crippen molar-refractivity contribution in [1.29, 1.82) is 0 Å². The number of rotatable bonds is 4. The minimum absolute atomic E-state index is 0.103. The van der Waals surface area contributed by atoms with E-state index in [4.69, 9.17) is 4.74 Å². The van der Waals surface area contributed by atoms with Crippen molar-refractivity contribution in [1.82, 2.24) is 14.5 Å². The van der Waals surface area contributed by atoms with E-state index in [1.165, 1.54) is 10.8 Å². The van der Waals surface area contributed by atoms with Gasteiger partial charge in [-0.3, -0.25) is 4.57 Å². The molecule has 0 aliphatic rings. The van der Waals surface area contributed by atoms with Gasteiger partial charge in [-0.15, -0.1) is 0 Å². The van der Waals surface area contributed by atoms with Gasteiger partial charge in [0.25, 0.3) is 0 Å². The van der Waals surface area contributed by atoms with Gasteiger partial charge in [-0.1, -0.05) is 32.9 Å². The standard InChI is InChI=1S/C24H20F3N3O3/c1-23(2,3)14-6-8-16(9-7-14)30-19(22(31)32)20(17-5-4-11-29-21(17)30)33-18-13-15(10-12-28-18)24(25,26)27/h4-13H,1-3H3,(H,31,32). The average Bonchev–Trinajstić information content (AvgIpc) is 3.07. The van der Waals surface area contributed by atoms with Gasteiger partial charge in [0.05, 0.1) is 10.9 Å². The van der Waals surface area contributed by atoms with E-state index in [1.54, 1.807) is 24.3 Å². The number of hydrogen-bond donors (Lipinski definition) is 1. The number of benzene rings is 1. The third-order valence-electron chi connectivity index (χ3n) is 5.14. The van der Waals surface area contributed by atoms with Crippen LogP contribution in [0.5, 0.6) is 11.6 Å². The number of carboxylic acids is 1. The first-order chi connectivity index (χ1) is 15.5. The molecule has 4 rings (SSSR count). The molecule has 0 aliphatic carbocycles. The first-order valence-electron chi connectivity index (χ1n) is 10.0. The van der Waals surface area contributed by atoms with E-state index >= 15 is 0 Å². The Labute approximate surface area is 187 Å². The van der Waals surface area contributed by atoms with Gasteiger partial charge in [0.1, 0.15) is 5.65 Å². The number of nitrogens with zero attached hydrogens (tertiary/aromatic N) is 3. The van der Waals surface area contributed by atoms with Gasteiger partial charge in [0.2, 0.25) is 5.88 Å². The summed E-state index contributed by atoms with van der Waals surface area (Å²) < 4.78 is 46.4. The molecule has 9 heteroatoms. The lowest BCUT2D eigenvalue weighted by Gasteiger charge is -2.19. The largest absolute Gasteiger partial charge is 0.476 e. The first kappa shape index (κ1) is 22.3. The monoisotopic (exact) mass is 455 g/mol. The third-order valence-corrected chi connectivity index (χ3v) is 5.14. The highest BCUT2D eigenvalue weighted by molar-refractivity contribution is 6.01. The van der Waals surface area contributed by atoms with Crippen LogP contribution in [0.4, 0.5) is 13.2 Å². The quantitative estimate of drug-likeness (QED) is 0.395. The molecule has 0 atom stereocenters. The number of ether oxygens (including phenoxy) is 1. The molecule has 0 amide bonds. The molecule has 0 saturated carbocycles. The molecule has 1 aromatic carbocycles. The van der Waals surface area contributed by atoms with Crippen LogP contribution in [-0.2, 0) is 11.6 Å². The third kappa shape index (κ3) is 4.26. The van der Waals surface area contributed by atoms with Crippen molar-refractivity contribution >= 4 is 17.0 Å². The van der Waals surface area contributed by atoms with E-state index in [-0.39, 0.29) is 22.7 Å². The molecule has 1 N–H and O–H groups in total. The molecule has 0 bridgehead atoms. The summed E-state index contributed by atoms with van der Waals surface area (Å²) in [5, 5.41) is 10.4. The van der Waals surface area contributed by atoms with Crippen molar-refractivity contribution in [3.8, 4) is 17.3 Å². The van der Waals surface area contributed by atoms with Crippen LogP contribution < -0.4 is 4.74 Å². The molecule has 0 aliphatic heterocycles. The summed E-state index contributed by atoms with van der Waals surface area (Å²) in [6.45, 7) is 6.18. The van der Waals surface area contributed by atoms with E-state index in [0.717, 1.165) is 23.9 Å². The Balaban J connectivity index is 1.91. The predicted octanol–water partition coefficient (Wildman–Crippen LogP) is 6.23. The van der Waals surface area contributed by atoms with Gasteiger partial charge in [-0.2, -0.15) is 13.2 Å². The highest BCUT2D eigenvalue weighted by atomic mass is 19.4. The fourth-order valence-corrected chi connectivity index (χ4v) is 3.49. The smallest absolute Gasteiger partial charge is 0.416 e. The zero-order valence-electron chi connectivity index (χ0n) is 18.0. The predicted molar refractivity (Wildman–Crippen MR) is 116 cm³/mol. The second-order valence-electron chi connectivity index (χ2n) is 8.47. The summed E-state index contributed by atoms with van der Waals surface area (Å²) in [6, 6.07) is 12.1. The Kier molecular flexibility index (Phi) is 5.35. The maximum Gasteiger partial charge on any atom is 0.416 e. The maximum absolute atomic E-state index is 13.1. The molecular formula is C24H20F3N3O3. The second-order valence-corrected chi connectivity index (χ2v) is 8.47. The van der Waals surface area contributed by atoms with Crippen molar-refractivity contribution in [2.24, 2.45) is 0 Å². The lowest BCUT2D eigenvalue weighted by atomic mass is 9.87. The van der Waals surface area contributed by atoms with Crippen LogP contribution in [0.15, 0.2) is 60.9 Å². The minimum atomic E-state index is -4.60. The summed E-state index contributed by atoms with van der Waals surface area (Å²) in [4.78, 5) is 20.4. The molecule has 0 fully saturated rings. The number of aromatic carboxylic acids is 1. The normalized spacial score (nSPS) is 12.2. The van der Waals surface area contributed by atoms with Crippen molar-refractivity contribution in [3.63, 3.8) is 0 Å². The van der Waals surface area contributed by atoms with Crippen LogP contribution >= 0.6 is 0 Å². The minimum Gasteiger partial charge on any atom is -0.476 e. The summed E-state index contributed by atoms with van der Waals surface area (Å²) in [6.07, 6.45) is -2.14. The Morgan fingerprint density at radius 2 is 1.67 bits per heavy atom. The highest BCUT2D eigenvalue weighted by Crippen LogP contribution is 2.39. The number of alkyl halides is 3. The highest BCUT2D eigenvalue weighted by Gasteiger charge is 2.32. The van der Waals surface area contributed by atoms with E-state index in [1.807, 2.05) is 12.1 Å². The van der Waals surface area contributed by atoms with Crippen molar-refractivity contribution < 1.29 is 27.8 Å². The molecule has 3 aromatic heterocycles. The van der Waals surface area contributed by atoms with Gasteiger partial charge in [0.15, 0.2) is 11.4 Å². The Hall–Kier alpha value is -3.88. The number of hydrogen-bond acceptors (Lipinski definition) is 4. The van der Waals surface area contributed by atoms with Crippen molar-refractivity contribution in [2.45, 2.75) is 32.4 Å². The maximum atomic E-state index is 13.1. The van der Waals surface area contributed by atoms with E-state index < -0.39 is 17.7 Å². The number of aromatic nitrogens is 3. The molecule has 0 radical (unpaired) electrons. The van der Waals surface area contributed by atoms with Crippen LogP contribution in [0, 0.1) is 0 Å². The van der Waals surface area contributed by atoms with Gasteiger partial charge >= 0.3 is 12.1 Å². The molecule has 0 saturated heterocycles. The van der Waals surface area contributed by atoms with Gasteiger partial charge in [0, 0.05) is 24.1 Å². The van der Waals surface area contributed by atoms with Crippen LogP contribution in [0.2, 0.25) is 0 Å². The number of fused-ring (bicyclic) bond motifs is 1. The molecule has 4 aromatic rings. The summed E-state index contributed by atoms with van der Waals surface area (Å²) >= 11 is 0. The second kappa shape index (κ2) is 7.91. The van der Waals surface area contributed by atoms with Crippen LogP contribution in [0.1, 0.15) is 42.4 Å². The molecule has 33 heavy (non-hydrogen) atoms. The van der Waals surface area contributed by atoms with Gasteiger partial charge in [-0.05, 0) is 41.3 Å². The number of carboxylic acid groups (broad SMARTS) is 1. The molecule has 170 valence electrons. The summed E-state index contributed by atoms with van der Waals surface area (Å²) in [7, 11) is 0. The van der Waals surface area contributed by atoms with Gasteiger partial charge < -0.3 is 9.84 Å². The Morgan fingerprint density at radius 1 is 0.970 bits per heavy atom. The number of pyridine rings is 2. The fraction of sp³-hybridized carbons (Fsp3) is 0.208.